The van der Waals surface area contributed by atoms with Crippen LogP contribution in [-0.2, 0) is 20.7 Å². The van der Waals surface area contributed by atoms with Crippen LogP contribution in [0.25, 0.3) is 0 Å². The Kier molecular flexibility index (Phi) is 6.90. The summed E-state index contributed by atoms with van der Waals surface area (Å²) in [5.74, 6) is -0.887. The fourth-order valence-electron chi connectivity index (χ4n) is 1.82. The highest BCUT2D eigenvalue weighted by Gasteiger charge is 2.27. The van der Waals surface area contributed by atoms with Gasteiger partial charge in [-0.15, -0.1) is 0 Å². The van der Waals surface area contributed by atoms with Crippen LogP contribution in [-0.4, -0.2) is 46.5 Å². The summed E-state index contributed by atoms with van der Waals surface area (Å²) in [7, 11) is 0. The van der Waals surface area contributed by atoms with E-state index in [9.17, 15) is 14.4 Å². The molecule has 0 aromatic heterocycles. The zero-order valence-corrected chi connectivity index (χ0v) is 13.7. The van der Waals surface area contributed by atoms with Crippen molar-refractivity contribution in [3.63, 3.8) is 0 Å². The van der Waals surface area contributed by atoms with E-state index in [-0.39, 0.29) is 19.4 Å². The van der Waals surface area contributed by atoms with Crippen molar-refractivity contribution in [1.29, 1.82) is 0 Å². The molecule has 0 heterocycles. The number of carbonyl (C=O) groups is 3. The number of imide groups is 1. The maximum atomic E-state index is 12.4. The molecule has 0 bridgehead atoms. The van der Waals surface area contributed by atoms with E-state index in [1.54, 1.807) is 45.0 Å². The standard InChI is InChI=1S/C17H23NO5/c1-17(2,3)23-16(22)18(10-9-14(20)12-19)15(21)11-13-7-5-4-6-8-13/h4-8,19H,9-12H2,1-3H3. The summed E-state index contributed by atoms with van der Waals surface area (Å²) < 4.78 is 5.22. The van der Waals surface area contributed by atoms with E-state index in [2.05, 4.69) is 0 Å². The zero-order chi connectivity index (χ0) is 17.5. The minimum absolute atomic E-state index is 0.0351. The number of nitrogens with zero attached hydrogens (tertiary/aromatic N) is 1. The number of aliphatic hydroxyl groups excluding tert-OH is 1. The van der Waals surface area contributed by atoms with Crippen molar-refractivity contribution in [2.75, 3.05) is 13.2 Å². The van der Waals surface area contributed by atoms with Crippen molar-refractivity contribution >= 4 is 17.8 Å². The minimum Gasteiger partial charge on any atom is -0.443 e. The molecule has 0 aliphatic rings. The number of benzene rings is 1. The lowest BCUT2D eigenvalue weighted by atomic mass is 10.1. The van der Waals surface area contributed by atoms with Crippen LogP contribution in [0, 0.1) is 0 Å². The molecule has 23 heavy (non-hydrogen) atoms. The van der Waals surface area contributed by atoms with Gasteiger partial charge in [-0.1, -0.05) is 30.3 Å². The van der Waals surface area contributed by atoms with Crippen LogP contribution in [0.4, 0.5) is 4.79 Å². The van der Waals surface area contributed by atoms with Gasteiger partial charge < -0.3 is 9.84 Å². The van der Waals surface area contributed by atoms with Gasteiger partial charge in [0.25, 0.3) is 0 Å². The van der Waals surface area contributed by atoms with Crippen LogP contribution in [0.2, 0.25) is 0 Å². The van der Waals surface area contributed by atoms with Crippen LogP contribution in [0.3, 0.4) is 0 Å². The van der Waals surface area contributed by atoms with Gasteiger partial charge in [0.1, 0.15) is 12.2 Å². The summed E-state index contributed by atoms with van der Waals surface area (Å²) in [5, 5.41) is 8.78. The second kappa shape index (κ2) is 8.43. The number of ether oxygens (including phenoxy) is 1. The lowest BCUT2D eigenvalue weighted by Crippen LogP contribution is -2.42. The monoisotopic (exact) mass is 321 g/mol. The molecule has 6 heteroatoms. The summed E-state index contributed by atoms with van der Waals surface area (Å²) in [6.45, 7) is 4.37. The summed E-state index contributed by atoms with van der Waals surface area (Å²) in [5.41, 5.74) is 0.0168. The van der Waals surface area contributed by atoms with Gasteiger partial charge in [-0.2, -0.15) is 0 Å². The molecule has 0 aliphatic heterocycles. The minimum atomic E-state index is -0.788. The first-order valence-corrected chi connectivity index (χ1v) is 7.43. The third-order valence-electron chi connectivity index (χ3n) is 2.90. The van der Waals surface area contributed by atoms with Crippen molar-refractivity contribution in [1.82, 2.24) is 4.90 Å². The maximum Gasteiger partial charge on any atom is 0.417 e. The molecule has 6 nitrogen and oxygen atoms in total. The van der Waals surface area contributed by atoms with E-state index in [1.807, 2.05) is 6.07 Å². The van der Waals surface area contributed by atoms with Crippen LogP contribution in [0.5, 0.6) is 0 Å². The van der Waals surface area contributed by atoms with E-state index in [0.717, 1.165) is 10.5 Å². The van der Waals surface area contributed by atoms with Gasteiger partial charge in [-0.3, -0.25) is 9.59 Å². The van der Waals surface area contributed by atoms with Gasteiger partial charge in [0.05, 0.1) is 6.42 Å². The number of aliphatic hydroxyl groups is 1. The molecule has 0 aliphatic carbocycles. The van der Waals surface area contributed by atoms with Gasteiger partial charge in [-0.25, -0.2) is 9.69 Å². The number of carbonyl (C=O) groups excluding carboxylic acids is 3. The van der Waals surface area contributed by atoms with Gasteiger partial charge in [0.2, 0.25) is 5.91 Å². The number of amides is 2. The molecule has 1 N–H and O–H groups in total. The molecule has 1 aromatic carbocycles. The Labute approximate surface area is 136 Å². The first-order chi connectivity index (χ1) is 10.7. The predicted octanol–water partition coefficient (Wildman–Crippen LogP) is 1.94. The molecule has 0 radical (unpaired) electrons. The van der Waals surface area contributed by atoms with Crippen molar-refractivity contribution in [3.8, 4) is 0 Å². The molecule has 1 rings (SSSR count). The van der Waals surface area contributed by atoms with Crippen molar-refractivity contribution in [3.05, 3.63) is 35.9 Å². The van der Waals surface area contributed by atoms with E-state index in [1.165, 1.54) is 0 Å². The van der Waals surface area contributed by atoms with E-state index in [4.69, 9.17) is 9.84 Å². The van der Waals surface area contributed by atoms with Gasteiger partial charge in [0.15, 0.2) is 5.78 Å². The number of Topliss-reactive ketones (excluding diaryl/α,β-unsaturated/α-hetero) is 1. The Balaban J connectivity index is 2.82. The Morgan fingerprint density at radius 2 is 1.74 bits per heavy atom. The first kappa shape index (κ1) is 18.8. The Hall–Kier alpha value is -2.21. The van der Waals surface area contributed by atoms with Crippen molar-refractivity contribution < 1.29 is 24.2 Å². The second-order valence-corrected chi connectivity index (χ2v) is 6.13. The van der Waals surface area contributed by atoms with Crippen molar-refractivity contribution in [2.24, 2.45) is 0 Å². The molecule has 126 valence electrons. The average molecular weight is 321 g/mol. The third-order valence-corrected chi connectivity index (χ3v) is 2.90. The molecule has 0 saturated heterocycles. The van der Waals surface area contributed by atoms with Gasteiger partial charge in [0, 0.05) is 13.0 Å². The SMILES string of the molecule is CC(C)(C)OC(=O)N(CCC(=O)CO)C(=O)Cc1ccccc1. The lowest BCUT2D eigenvalue weighted by Gasteiger charge is -2.26. The Bertz CT molecular complexity index is 548. The van der Waals surface area contributed by atoms with E-state index >= 15 is 0 Å². The molecular formula is C17H23NO5. The summed E-state index contributed by atoms with van der Waals surface area (Å²) >= 11 is 0. The molecule has 0 saturated carbocycles. The highest BCUT2D eigenvalue weighted by molar-refractivity contribution is 5.93. The van der Waals surface area contributed by atoms with Crippen LogP contribution >= 0.6 is 0 Å². The molecule has 2 amide bonds. The molecule has 0 fully saturated rings. The third kappa shape index (κ3) is 7.06. The fraction of sp³-hybridized carbons (Fsp3) is 0.471. The van der Waals surface area contributed by atoms with Gasteiger partial charge >= 0.3 is 6.09 Å². The zero-order valence-electron chi connectivity index (χ0n) is 13.7. The second-order valence-electron chi connectivity index (χ2n) is 6.13. The smallest absolute Gasteiger partial charge is 0.417 e. The number of hydrogen-bond donors (Lipinski definition) is 1. The van der Waals surface area contributed by atoms with Gasteiger partial charge in [-0.05, 0) is 26.3 Å². The highest BCUT2D eigenvalue weighted by atomic mass is 16.6. The quantitative estimate of drug-likeness (QED) is 0.865. The lowest BCUT2D eigenvalue weighted by molar-refractivity contribution is -0.130. The number of ketones is 1. The topological polar surface area (TPSA) is 83.9 Å². The summed E-state index contributed by atoms with van der Waals surface area (Å²) in [6, 6.07) is 9.00. The molecule has 0 atom stereocenters. The van der Waals surface area contributed by atoms with Crippen LogP contribution in [0.1, 0.15) is 32.8 Å². The molecular weight excluding hydrogens is 298 g/mol. The number of hydrogen-bond acceptors (Lipinski definition) is 5. The summed E-state index contributed by atoms with van der Waals surface area (Å²) in [4.78, 5) is 36.8. The maximum absolute atomic E-state index is 12.4. The van der Waals surface area contributed by atoms with E-state index < -0.39 is 30.0 Å². The average Bonchev–Trinajstić information content (AvgIpc) is 2.46. The van der Waals surface area contributed by atoms with Crippen LogP contribution in [0.15, 0.2) is 30.3 Å². The Morgan fingerprint density at radius 1 is 1.13 bits per heavy atom. The largest absolute Gasteiger partial charge is 0.443 e. The molecule has 0 unspecified atom stereocenters. The Morgan fingerprint density at radius 3 is 2.26 bits per heavy atom. The van der Waals surface area contributed by atoms with E-state index in [0.29, 0.717) is 0 Å². The molecule has 1 aromatic rings. The summed E-state index contributed by atoms with van der Waals surface area (Å²) in [6.07, 6.45) is -0.854. The predicted molar refractivity (Wildman–Crippen MR) is 84.8 cm³/mol. The molecule has 0 spiro atoms. The van der Waals surface area contributed by atoms with Crippen LogP contribution < -0.4 is 0 Å². The van der Waals surface area contributed by atoms with Crippen molar-refractivity contribution in [2.45, 2.75) is 39.2 Å². The first-order valence-electron chi connectivity index (χ1n) is 7.43. The fourth-order valence-corrected chi connectivity index (χ4v) is 1.82. The number of rotatable bonds is 6. The highest BCUT2D eigenvalue weighted by Crippen LogP contribution is 2.12. The normalized spacial score (nSPS) is 11.0.